The lowest BCUT2D eigenvalue weighted by atomic mass is 9.80. The number of ether oxygens (including phenoxy) is 1. The van der Waals surface area contributed by atoms with Crippen LogP contribution in [0.15, 0.2) is 28.7 Å². The van der Waals surface area contributed by atoms with E-state index in [1.807, 2.05) is 6.07 Å². The maximum atomic E-state index is 6.14. The van der Waals surface area contributed by atoms with Gasteiger partial charge in [-0.15, -0.1) is 0 Å². The molecular formula is C16H25BrN2O. The van der Waals surface area contributed by atoms with Crippen LogP contribution < -0.4 is 5.73 Å². The van der Waals surface area contributed by atoms with Crippen molar-refractivity contribution >= 4 is 15.9 Å². The van der Waals surface area contributed by atoms with Gasteiger partial charge in [0.2, 0.25) is 0 Å². The summed E-state index contributed by atoms with van der Waals surface area (Å²) >= 11 is 3.63. The number of nitrogens with zero attached hydrogens (tertiary/aromatic N) is 1. The van der Waals surface area contributed by atoms with Gasteiger partial charge in [-0.3, -0.25) is 4.90 Å². The van der Waals surface area contributed by atoms with E-state index in [-0.39, 0.29) is 11.1 Å². The van der Waals surface area contributed by atoms with E-state index in [2.05, 4.69) is 59.9 Å². The van der Waals surface area contributed by atoms with Crippen LogP contribution in [0.25, 0.3) is 0 Å². The van der Waals surface area contributed by atoms with Gasteiger partial charge in [-0.2, -0.15) is 0 Å². The van der Waals surface area contributed by atoms with Gasteiger partial charge < -0.3 is 10.5 Å². The second-order valence-electron chi connectivity index (χ2n) is 6.41. The van der Waals surface area contributed by atoms with Crippen LogP contribution in [0.1, 0.15) is 32.3 Å². The van der Waals surface area contributed by atoms with Gasteiger partial charge >= 0.3 is 0 Å². The topological polar surface area (TPSA) is 38.5 Å². The molecule has 1 unspecified atom stereocenters. The number of hydrogen-bond acceptors (Lipinski definition) is 3. The first-order chi connectivity index (χ1) is 9.38. The van der Waals surface area contributed by atoms with E-state index in [4.69, 9.17) is 10.5 Å². The number of likely N-dealkylation sites (N-methyl/N-ethyl adjacent to an activating group) is 1. The van der Waals surface area contributed by atoms with Gasteiger partial charge in [0.05, 0.1) is 5.60 Å². The van der Waals surface area contributed by atoms with E-state index < -0.39 is 0 Å². The summed E-state index contributed by atoms with van der Waals surface area (Å²) in [5.41, 5.74) is 7.37. The third-order valence-electron chi connectivity index (χ3n) is 4.37. The minimum Gasteiger partial charge on any atom is -0.375 e. The zero-order chi connectivity index (χ0) is 14.8. The monoisotopic (exact) mass is 340 g/mol. The number of benzene rings is 1. The molecule has 1 heterocycles. The third kappa shape index (κ3) is 3.42. The smallest absolute Gasteiger partial charge is 0.0644 e. The Morgan fingerprint density at radius 2 is 2.05 bits per heavy atom. The van der Waals surface area contributed by atoms with Crippen molar-refractivity contribution in [3.8, 4) is 0 Å². The van der Waals surface area contributed by atoms with Gasteiger partial charge in [-0.05, 0) is 45.4 Å². The number of rotatable bonds is 4. The van der Waals surface area contributed by atoms with Crippen molar-refractivity contribution in [1.29, 1.82) is 0 Å². The lowest BCUT2D eigenvalue weighted by Gasteiger charge is -2.49. The Hall–Kier alpha value is -0.420. The second kappa shape index (κ2) is 6.14. The Kier molecular flexibility index (Phi) is 4.90. The van der Waals surface area contributed by atoms with E-state index in [1.54, 1.807) is 0 Å². The molecule has 0 amide bonds. The van der Waals surface area contributed by atoms with Crippen molar-refractivity contribution in [3.05, 3.63) is 34.3 Å². The Balaban J connectivity index is 2.17. The molecule has 1 aliphatic heterocycles. The van der Waals surface area contributed by atoms with Crippen LogP contribution in [0.3, 0.4) is 0 Å². The lowest BCUT2D eigenvalue weighted by Crippen LogP contribution is -2.59. The summed E-state index contributed by atoms with van der Waals surface area (Å²) in [5.74, 6) is 0. The van der Waals surface area contributed by atoms with E-state index in [9.17, 15) is 0 Å². The van der Waals surface area contributed by atoms with Gasteiger partial charge in [-0.25, -0.2) is 0 Å². The molecule has 1 aliphatic rings. The second-order valence-corrected chi connectivity index (χ2v) is 7.27. The van der Waals surface area contributed by atoms with Crippen molar-refractivity contribution in [1.82, 2.24) is 4.90 Å². The molecule has 4 heteroatoms. The Morgan fingerprint density at radius 1 is 1.35 bits per heavy atom. The highest BCUT2D eigenvalue weighted by Gasteiger charge is 2.42. The molecule has 0 saturated carbocycles. The molecule has 0 aromatic heterocycles. The predicted molar refractivity (Wildman–Crippen MR) is 86.7 cm³/mol. The summed E-state index contributed by atoms with van der Waals surface area (Å²) in [6.07, 6.45) is 1.96. The van der Waals surface area contributed by atoms with Crippen LogP contribution >= 0.6 is 15.9 Å². The fourth-order valence-electron chi connectivity index (χ4n) is 3.15. The number of nitrogens with two attached hydrogens (primary N) is 1. The number of hydrogen-bond donors (Lipinski definition) is 1. The summed E-state index contributed by atoms with van der Waals surface area (Å²) in [5, 5.41) is 0. The molecule has 1 atom stereocenters. The van der Waals surface area contributed by atoms with Crippen LogP contribution in [0.2, 0.25) is 0 Å². The molecule has 20 heavy (non-hydrogen) atoms. The van der Waals surface area contributed by atoms with Crippen molar-refractivity contribution in [2.24, 2.45) is 5.73 Å². The average Bonchev–Trinajstić information content (AvgIpc) is 2.40. The van der Waals surface area contributed by atoms with E-state index in [1.165, 1.54) is 5.56 Å². The fourth-order valence-corrected chi connectivity index (χ4v) is 3.57. The average molecular weight is 341 g/mol. The largest absolute Gasteiger partial charge is 0.375 e. The standard InChI is InChI=1S/C16H25BrN2O/c1-15(2)11-16(12-18,8-9-20-15)19(3)10-13-6-4-5-7-14(13)17/h4-7H,8-12,18H2,1-3H3. The number of halogens is 1. The third-order valence-corrected chi connectivity index (χ3v) is 5.14. The van der Waals surface area contributed by atoms with Crippen LogP contribution in [-0.2, 0) is 11.3 Å². The highest BCUT2D eigenvalue weighted by atomic mass is 79.9. The first-order valence-corrected chi connectivity index (χ1v) is 7.97. The van der Waals surface area contributed by atoms with Crippen molar-refractivity contribution in [2.75, 3.05) is 20.2 Å². The van der Waals surface area contributed by atoms with Gasteiger partial charge in [0, 0.05) is 29.7 Å². The molecule has 2 rings (SSSR count). The zero-order valence-corrected chi connectivity index (χ0v) is 14.2. The van der Waals surface area contributed by atoms with E-state index in [0.29, 0.717) is 6.54 Å². The van der Waals surface area contributed by atoms with Crippen molar-refractivity contribution < 1.29 is 4.74 Å². The summed E-state index contributed by atoms with van der Waals surface area (Å²) in [4.78, 5) is 2.40. The molecule has 1 aromatic carbocycles. The van der Waals surface area contributed by atoms with Crippen LogP contribution in [0, 0.1) is 0 Å². The Bertz CT molecular complexity index is 464. The lowest BCUT2D eigenvalue weighted by molar-refractivity contribution is -0.115. The molecule has 2 N–H and O–H groups in total. The SMILES string of the molecule is CN(Cc1ccccc1Br)C1(CN)CCOC(C)(C)C1. The Labute approximate surface area is 130 Å². The first kappa shape index (κ1) is 16.0. The minimum atomic E-state index is -0.0974. The normalized spacial score (nSPS) is 25.9. The van der Waals surface area contributed by atoms with Crippen LogP contribution in [-0.4, -0.2) is 36.2 Å². The van der Waals surface area contributed by atoms with Crippen molar-refractivity contribution in [2.45, 2.75) is 44.4 Å². The molecule has 0 aliphatic carbocycles. The summed E-state index contributed by atoms with van der Waals surface area (Å²) in [7, 11) is 2.17. The molecule has 1 aromatic rings. The van der Waals surface area contributed by atoms with Gasteiger partial charge in [0.25, 0.3) is 0 Å². The molecule has 1 saturated heterocycles. The molecule has 3 nitrogen and oxygen atoms in total. The summed E-state index contributed by atoms with van der Waals surface area (Å²) in [6, 6.07) is 8.38. The molecule has 0 spiro atoms. The molecule has 1 fully saturated rings. The maximum Gasteiger partial charge on any atom is 0.0644 e. The van der Waals surface area contributed by atoms with Gasteiger partial charge in [-0.1, -0.05) is 34.1 Å². The summed E-state index contributed by atoms with van der Waals surface area (Å²) in [6.45, 7) is 6.66. The van der Waals surface area contributed by atoms with Crippen LogP contribution in [0.5, 0.6) is 0 Å². The molecule has 0 bridgehead atoms. The summed E-state index contributed by atoms with van der Waals surface area (Å²) < 4.78 is 7.01. The molecule has 0 radical (unpaired) electrons. The van der Waals surface area contributed by atoms with Gasteiger partial charge in [0.1, 0.15) is 0 Å². The quantitative estimate of drug-likeness (QED) is 0.914. The first-order valence-electron chi connectivity index (χ1n) is 7.17. The highest BCUT2D eigenvalue weighted by molar-refractivity contribution is 9.10. The predicted octanol–water partition coefficient (Wildman–Crippen LogP) is 3.17. The van der Waals surface area contributed by atoms with Crippen LogP contribution in [0.4, 0.5) is 0 Å². The van der Waals surface area contributed by atoms with E-state index >= 15 is 0 Å². The Morgan fingerprint density at radius 3 is 2.65 bits per heavy atom. The maximum absolute atomic E-state index is 6.14. The van der Waals surface area contributed by atoms with E-state index in [0.717, 1.165) is 30.5 Å². The molecule has 112 valence electrons. The highest BCUT2D eigenvalue weighted by Crippen LogP contribution is 2.36. The molecular weight excluding hydrogens is 316 g/mol. The van der Waals surface area contributed by atoms with Gasteiger partial charge in [0.15, 0.2) is 0 Å². The van der Waals surface area contributed by atoms with Crippen molar-refractivity contribution in [3.63, 3.8) is 0 Å². The minimum absolute atomic E-state index is 0.0248. The fraction of sp³-hybridized carbons (Fsp3) is 0.625. The zero-order valence-electron chi connectivity index (χ0n) is 12.7.